The number of hydrogen-bond donors (Lipinski definition) is 1. The molecule has 3 aromatic rings. The van der Waals surface area contributed by atoms with Crippen molar-refractivity contribution in [2.75, 3.05) is 11.9 Å². The molecule has 1 aromatic carbocycles. The van der Waals surface area contributed by atoms with Crippen molar-refractivity contribution in [3.8, 4) is 0 Å². The number of hydrogen-bond acceptors (Lipinski definition) is 4. The predicted octanol–water partition coefficient (Wildman–Crippen LogP) is 2.97. The summed E-state index contributed by atoms with van der Waals surface area (Å²) in [5.41, 5.74) is 2.71. The molecule has 0 aliphatic heterocycles. The summed E-state index contributed by atoms with van der Waals surface area (Å²) in [4.78, 5) is 16.3. The molecule has 0 unspecified atom stereocenters. The van der Waals surface area contributed by atoms with Gasteiger partial charge in [-0.1, -0.05) is 30.3 Å². The number of rotatable bonds is 7. The molecule has 1 N–H and O–H groups in total. The van der Waals surface area contributed by atoms with Crippen molar-refractivity contribution in [2.24, 2.45) is 0 Å². The van der Waals surface area contributed by atoms with E-state index >= 15 is 0 Å². The van der Waals surface area contributed by atoms with Gasteiger partial charge in [0.05, 0.1) is 12.3 Å². The van der Waals surface area contributed by atoms with Gasteiger partial charge in [0.2, 0.25) is 5.91 Å². The second kappa shape index (κ2) is 7.70. The third-order valence-electron chi connectivity index (χ3n) is 3.55. The summed E-state index contributed by atoms with van der Waals surface area (Å²) in [6.45, 7) is 3.01. The lowest BCUT2D eigenvalue weighted by atomic mass is 10.2. The van der Waals surface area contributed by atoms with Crippen molar-refractivity contribution in [3.63, 3.8) is 0 Å². The fourth-order valence-corrected chi connectivity index (χ4v) is 2.41. The molecule has 0 aliphatic rings. The summed E-state index contributed by atoms with van der Waals surface area (Å²) >= 11 is 0. The lowest BCUT2D eigenvalue weighted by Crippen LogP contribution is -2.15. The molecule has 124 valence electrons. The van der Waals surface area contributed by atoms with Crippen LogP contribution in [0.4, 0.5) is 5.82 Å². The van der Waals surface area contributed by atoms with E-state index in [-0.39, 0.29) is 5.91 Å². The van der Waals surface area contributed by atoms with Crippen LogP contribution < -0.4 is 5.32 Å². The Bertz CT molecular complexity index is 814. The first kappa shape index (κ1) is 16.1. The van der Waals surface area contributed by atoms with Gasteiger partial charge in [0.15, 0.2) is 5.65 Å². The van der Waals surface area contributed by atoms with Crippen LogP contribution in [0.15, 0.2) is 48.7 Å². The van der Waals surface area contributed by atoms with Crippen LogP contribution in [-0.4, -0.2) is 27.1 Å². The molecule has 0 fully saturated rings. The van der Waals surface area contributed by atoms with Crippen molar-refractivity contribution < 1.29 is 9.53 Å². The fourth-order valence-electron chi connectivity index (χ4n) is 2.41. The quantitative estimate of drug-likeness (QED) is 0.678. The van der Waals surface area contributed by atoms with E-state index in [4.69, 9.17) is 4.74 Å². The zero-order valence-corrected chi connectivity index (χ0v) is 13.6. The molecule has 0 bridgehead atoms. The Morgan fingerprint density at radius 2 is 2.08 bits per heavy atom. The Labute approximate surface area is 140 Å². The van der Waals surface area contributed by atoms with Gasteiger partial charge in [-0.2, -0.15) is 9.61 Å². The average molecular weight is 324 g/mol. The molecule has 0 atom stereocenters. The fraction of sp³-hybridized carbons (Fsp3) is 0.278. The normalized spacial score (nSPS) is 10.9. The predicted molar refractivity (Wildman–Crippen MR) is 91.7 cm³/mol. The Kier molecular flexibility index (Phi) is 5.18. The van der Waals surface area contributed by atoms with Gasteiger partial charge in [-0.3, -0.25) is 4.79 Å². The van der Waals surface area contributed by atoms with Gasteiger partial charge in [-0.25, -0.2) is 4.98 Å². The molecule has 1 amide bonds. The molecule has 0 saturated heterocycles. The molecule has 0 saturated carbocycles. The number of aryl methyl sites for hydroxylation is 1. The van der Waals surface area contributed by atoms with Crippen molar-refractivity contribution in [1.82, 2.24) is 14.6 Å². The maximum absolute atomic E-state index is 12.1. The highest BCUT2D eigenvalue weighted by Gasteiger charge is 2.08. The molecule has 2 heterocycles. The molecule has 0 aliphatic carbocycles. The van der Waals surface area contributed by atoms with Crippen LogP contribution in [0.2, 0.25) is 0 Å². The standard InChI is InChI=1S/C18H20N4O2/c1-14-12-17-19-10-9-16(22(17)21-14)20-18(23)8-5-11-24-13-15-6-3-2-4-7-15/h2-4,6-7,9-10,12H,5,8,11,13H2,1H3,(H,20,23). The van der Waals surface area contributed by atoms with Gasteiger partial charge in [0.1, 0.15) is 5.82 Å². The van der Waals surface area contributed by atoms with E-state index in [1.165, 1.54) is 0 Å². The highest BCUT2D eigenvalue weighted by Crippen LogP contribution is 2.11. The van der Waals surface area contributed by atoms with Crippen LogP contribution in [0.3, 0.4) is 0 Å². The first-order valence-electron chi connectivity index (χ1n) is 7.95. The van der Waals surface area contributed by atoms with Crippen molar-refractivity contribution in [3.05, 3.63) is 59.9 Å². The molecular weight excluding hydrogens is 304 g/mol. The molecule has 2 aromatic heterocycles. The summed E-state index contributed by atoms with van der Waals surface area (Å²) in [6.07, 6.45) is 2.74. The zero-order valence-electron chi connectivity index (χ0n) is 13.6. The van der Waals surface area contributed by atoms with Gasteiger partial charge in [-0.15, -0.1) is 0 Å². The monoisotopic (exact) mass is 324 g/mol. The van der Waals surface area contributed by atoms with Crippen LogP contribution >= 0.6 is 0 Å². The Hall–Kier alpha value is -2.73. The van der Waals surface area contributed by atoms with E-state index in [0.29, 0.717) is 31.9 Å². The smallest absolute Gasteiger partial charge is 0.225 e. The van der Waals surface area contributed by atoms with Gasteiger partial charge >= 0.3 is 0 Å². The number of nitrogens with one attached hydrogen (secondary N) is 1. The zero-order chi connectivity index (χ0) is 16.8. The Balaban J connectivity index is 1.44. The molecule has 0 radical (unpaired) electrons. The van der Waals surface area contributed by atoms with E-state index in [0.717, 1.165) is 16.9 Å². The number of benzene rings is 1. The minimum absolute atomic E-state index is 0.0565. The Morgan fingerprint density at radius 1 is 1.25 bits per heavy atom. The first-order chi connectivity index (χ1) is 11.7. The Morgan fingerprint density at radius 3 is 2.92 bits per heavy atom. The summed E-state index contributed by atoms with van der Waals surface area (Å²) in [6, 6.07) is 13.6. The number of carbonyl (C=O) groups excluding carboxylic acids is 1. The number of ether oxygens (including phenoxy) is 1. The number of anilines is 1. The second-order valence-electron chi connectivity index (χ2n) is 5.58. The summed E-state index contributed by atoms with van der Waals surface area (Å²) in [5, 5.41) is 7.20. The van der Waals surface area contributed by atoms with Gasteiger partial charge in [-0.05, 0) is 25.0 Å². The van der Waals surface area contributed by atoms with Gasteiger partial charge in [0, 0.05) is 25.3 Å². The van der Waals surface area contributed by atoms with E-state index in [2.05, 4.69) is 15.4 Å². The topological polar surface area (TPSA) is 68.5 Å². The number of amides is 1. The third kappa shape index (κ3) is 4.17. The van der Waals surface area contributed by atoms with E-state index in [1.54, 1.807) is 16.8 Å². The van der Waals surface area contributed by atoms with Crippen molar-refractivity contribution >= 4 is 17.4 Å². The SMILES string of the molecule is Cc1cc2nccc(NC(=O)CCCOCc3ccccc3)n2n1. The van der Waals surface area contributed by atoms with Crippen molar-refractivity contribution in [1.29, 1.82) is 0 Å². The molecular formula is C18H20N4O2. The lowest BCUT2D eigenvalue weighted by Gasteiger charge is -2.07. The van der Waals surface area contributed by atoms with Gasteiger partial charge in [0.25, 0.3) is 0 Å². The van der Waals surface area contributed by atoms with E-state index in [9.17, 15) is 4.79 Å². The summed E-state index contributed by atoms with van der Waals surface area (Å²) in [5.74, 6) is 0.572. The highest BCUT2D eigenvalue weighted by molar-refractivity contribution is 5.90. The van der Waals surface area contributed by atoms with Crippen molar-refractivity contribution in [2.45, 2.75) is 26.4 Å². The van der Waals surface area contributed by atoms with Crippen LogP contribution in [0, 0.1) is 6.92 Å². The number of fused-ring (bicyclic) bond motifs is 1. The molecule has 24 heavy (non-hydrogen) atoms. The van der Waals surface area contributed by atoms with Crippen LogP contribution in [0.1, 0.15) is 24.1 Å². The number of nitrogens with zero attached hydrogens (tertiary/aromatic N) is 3. The second-order valence-corrected chi connectivity index (χ2v) is 5.58. The largest absolute Gasteiger partial charge is 0.377 e. The maximum atomic E-state index is 12.1. The van der Waals surface area contributed by atoms with Crippen LogP contribution in [0.25, 0.3) is 5.65 Å². The van der Waals surface area contributed by atoms with E-state index < -0.39 is 0 Å². The summed E-state index contributed by atoms with van der Waals surface area (Å²) in [7, 11) is 0. The van der Waals surface area contributed by atoms with E-state index in [1.807, 2.05) is 43.3 Å². The average Bonchev–Trinajstić information content (AvgIpc) is 2.97. The minimum atomic E-state index is -0.0565. The summed E-state index contributed by atoms with van der Waals surface area (Å²) < 4.78 is 7.22. The lowest BCUT2D eigenvalue weighted by molar-refractivity contribution is -0.116. The molecule has 6 nitrogen and oxygen atoms in total. The van der Waals surface area contributed by atoms with Crippen LogP contribution in [0.5, 0.6) is 0 Å². The number of carbonyl (C=O) groups is 1. The molecule has 3 rings (SSSR count). The molecule has 6 heteroatoms. The highest BCUT2D eigenvalue weighted by atomic mass is 16.5. The minimum Gasteiger partial charge on any atom is -0.377 e. The van der Waals surface area contributed by atoms with Crippen LogP contribution in [-0.2, 0) is 16.1 Å². The first-order valence-corrected chi connectivity index (χ1v) is 7.95. The third-order valence-corrected chi connectivity index (χ3v) is 3.55. The van der Waals surface area contributed by atoms with Gasteiger partial charge < -0.3 is 10.1 Å². The number of aromatic nitrogens is 3. The molecule has 0 spiro atoms. The maximum Gasteiger partial charge on any atom is 0.225 e.